The Balaban J connectivity index is 2.97. The molecule has 0 aliphatic rings. The summed E-state index contributed by atoms with van der Waals surface area (Å²) in [7, 11) is 1.55. The molecule has 20 heavy (non-hydrogen) atoms. The maximum atomic E-state index is 8.73. The van der Waals surface area contributed by atoms with E-state index in [4.69, 9.17) is 20.0 Å². The van der Waals surface area contributed by atoms with Gasteiger partial charge in [-0.15, -0.1) is 0 Å². The first-order chi connectivity index (χ1) is 9.60. The molecule has 102 valence electrons. The first-order valence-corrected chi connectivity index (χ1v) is 6.06. The Hall–Kier alpha value is -2.72. The van der Waals surface area contributed by atoms with Crippen LogP contribution in [-0.2, 0) is 0 Å². The van der Waals surface area contributed by atoms with Crippen molar-refractivity contribution in [3.05, 3.63) is 41.0 Å². The molecule has 0 amide bonds. The highest BCUT2D eigenvalue weighted by Gasteiger charge is 2.05. The summed E-state index contributed by atoms with van der Waals surface area (Å²) in [6.07, 6.45) is 3.47. The Kier molecular flexibility index (Phi) is 5.87. The van der Waals surface area contributed by atoms with Crippen molar-refractivity contribution in [3.63, 3.8) is 0 Å². The van der Waals surface area contributed by atoms with Crippen LogP contribution in [0.25, 0.3) is 6.08 Å². The van der Waals surface area contributed by atoms with E-state index in [1.165, 1.54) is 11.6 Å². The minimum Gasteiger partial charge on any atom is -0.493 e. The summed E-state index contributed by atoms with van der Waals surface area (Å²) in [5.41, 5.74) is 1.94. The number of hydrogen-bond acceptors (Lipinski definition) is 4. The molecule has 0 unspecified atom stereocenters. The lowest BCUT2D eigenvalue weighted by molar-refractivity contribution is 0.325. The molecular weight excluding hydrogens is 252 g/mol. The van der Waals surface area contributed by atoms with Gasteiger partial charge < -0.3 is 9.47 Å². The van der Waals surface area contributed by atoms with Crippen molar-refractivity contribution >= 4 is 6.08 Å². The van der Waals surface area contributed by atoms with Gasteiger partial charge in [0.2, 0.25) is 0 Å². The minimum absolute atomic E-state index is 0.0465. The van der Waals surface area contributed by atoms with E-state index in [-0.39, 0.29) is 5.57 Å². The van der Waals surface area contributed by atoms with Crippen LogP contribution in [-0.4, -0.2) is 13.7 Å². The number of methoxy groups -OCH3 is 1. The third-order valence-corrected chi connectivity index (χ3v) is 2.47. The zero-order valence-electron chi connectivity index (χ0n) is 11.8. The van der Waals surface area contributed by atoms with Crippen LogP contribution >= 0.6 is 0 Å². The molecule has 0 radical (unpaired) electrons. The fourth-order valence-corrected chi connectivity index (χ4v) is 1.45. The third kappa shape index (κ3) is 4.51. The van der Waals surface area contributed by atoms with E-state index < -0.39 is 0 Å². The average molecular weight is 268 g/mol. The average Bonchev–Trinajstić information content (AvgIpc) is 2.45. The second-order valence-corrected chi connectivity index (χ2v) is 4.28. The predicted octanol–water partition coefficient (Wildman–Crippen LogP) is 3.47. The largest absolute Gasteiger partial charge is 0.493 e. The minimum atomic E-state index is 0.0465. The van der Waals surface area contributed by atoms with E-state index >= 15 is 0 Å². The molecule has 0 heterocycles. The molecule has 0 spiro atoms. The summed E-state index contributed by atoms with van der Waals surface area (Å²) in [6, 6.07) is 8.90. The number of nitriles is 2. The molecule has 0 aliphatic carbocycles. The van der Waals surface area contributed by atoms with E-state index in [0.717, 1.165) is 5.56 Å². The van der Waals surface area contributed by atoms with Gasteiger partial charge in [-0.3, -0.25) is 0 Å². The zero-order valence-corrected chi connectivity index (χ0v) is 11.8. The highest BCUT2D eigenvalue weighted by molar-refractivity contribution is 5.64. The molecule has 0 aliphatic heterocycles. The van der Waals surface area contributed by atoms with Crippen LogP contribution in [0.2, 0.25) is 0 Å². The van der Waals surface area contributed by atoms with Crippen LogP contribution in [0.5, 0.6) is 11.5 Å². The Morgan fingerprint density at radius 1 is 1.20 bits per heavy atom. The van der Waals surface area contributed by atoms with Gasteiger partial charge in [0.25, 0.3) is 0 Å². The van der Waals surface area contributed by atoms with Gasteiger partial charge in [-0.25, -0.2) is 0 Å². The van der Waals surface area contributed by atoms with Crippen LogP contribution in [0.3, 0.4) is 0 Å². The normalized spacial score (nSPS) is 8.85. The molecule has 1 aromatic carbocycles. The van der Waals surface area contributed by atoms with Gasteiger partial charge >= 0.3 is 0 Å². The molecule has 4 nitrogen and oxygen atoms in total. The van der Waals surface area contributed by atoms with E-state index in [2.05, 4.69) is 0 Å². The maximum Gasteiger partial charge on any atom is 0.161 e. The monoisotopic (exact) mass is 268 g/mol. The van der Waals surface area contributed by atoms with Crippen LogP contribution < -0.4 is 9.47 Å². The van der Waals surface area contributed by atoms with E-state index in [9.17, 15) is 0 Å². The number of benzene rings is 1. The Morgan fingerprint density at radius 2 is 1.90 bits per heavy atom. The molecule has 4 heteroatoms. The van der Waals surface area contributed by atoms with Crippen LogP contribution in [0, 0.1) is 22.7 Å². The van der Waals surface area contributed by atoms with Crippen molar-refractivity contribution in [2.24, 2.45) is 0 Å². The summed E-state index contributed by atoms with van der Waals surface area (Å²) in [6.45, 7) is 4.47. The topological polar surface area (TPSA) is 66.0 Å². The second kappa shape index (κ2) is 7.66. The number of rotatable bonds is 5. The van der Waals surface area contributed by atoms with Crippen LogP contribution in [0.4, 0.5) is 0 Å². The first kappa shape index (κ1) is 15.3. The van der Waals surface area contributed by atoms with Crippen molar-refractivity contribution in [3.8, 4) is 23.6 Å². The Morgan fingerprint density at radius 3 is 2.45 bits per heavy atom. The molecule has 0 saturated carbocycles. The summed E-state index contributed by atoms with van der Waals surface area (Å²) >= 11 is 0. The molecule has 0 atom stereocenters. The smallest absolute Gasteiger partial charge is 0.161 e. The first-order valence-electron chi connectivity index (χ1n) is 6.06. The maximum absolute atomic E-state index is 8.73. The molecule has 0 bridgehead atoms. The molecule has 0 aromatic heterocycles. The van der Waals surface area contributed by atoms with Crippen molar-refractivity contribution in [1.29, 1.82) is 10.5 Å². The molecule has 0 N–H and O–H groups in total. The predicted molar refractivity (Wildman–Crippen MR) is 77.1 cm³/mol. The van der Waals surface area contributed by atoms with E-state index in [1.54, 1.807) is 25.3 Å². The summed E-state index contributed by atoms with van der Waals surface area (Å²) < 4.78 is 10.9. The number of hydrogen-bond donors (Lipinski definition) is 0. The van der Waals surface area contributed by atoms with Gasteiger partial charge in [-0.05, 0) is 43.7 Å². The van der Waals surface area contributed by atoms with Gasteiger partial charge in [0.05, 0.1) is 7.11 Å². The second-order valence-electron chi connectivity index (χ2n) is 4.28. The van der Waals surface area contributed by atoms with Gasteiger partial charge in [0.15, 0.2) is 11.5 Å². The lowest BCUT2D eigenvalue weighted by Gasteiger charge is -2.10. The summed E-state index contributed by atoms with van der Waals surface area (Å²) in [5.74, 6) is 1.19. The van der Waals surface area contributed by atoms with Crippen molar-refractivity contribution < 1.29 is 9.47 Å². The van der Waals surface area contributed by atoms with Gasteiger partial charge in [-0.2, -0.15) is 10.5 Å². The van der Waals surface area contributed by atoms with Crippen LogP contribution in [0.1, 0.15) is 19.4 Å². The van der Waals surface area contributed by atoms with Crippen molar-refractivity contribution in [2.45, 2.75) is 13.8 Å². The Labute approximate surface area is 119 Å². The van der Waals surface area contributed by atoms with E-state index in [0.29, 0.717) is 18.1 Å². The molecule has 0 fully saturated rings. The lowest BCUT2D eigenvalue weighted by atomic mass is 10.1. The van der Waals surface area contributed by atoms with Gasteiger partial charge in [0.1, 0.15) is 24.3 Å². The molecule has 1 aromatic rings. The summed E-state index contributed by atoms with van der Waals surface area (Å²) in [5, 5.41) is 17.5. The fourth-order valence-electron chi connectivity index (χ4n) is 1.45. The van der Waals surface area contributed by atoms with Gasteiger partial charge in [0, 0.05) is 0 Å². The summed E-state index contributed by atoms with van der Waals surface area (Å²) in [4.78, 5) is 0. The number of ether oxygens (including phenoxy) is 2. The Bertz CT molecular complexity index is 596. The van der Waals surface area contributed by atoms with Crippen LogP contribution in [0.15, 0.2) is 35.4 Å². The molecule has 0 saturated heterocycles. The number of nitrogens with zero attached hydrogens (tertiary/aromatic N) is 2. The van der Waals surface area contributed by atoms with E-state index in [1.807, 2.05) is 32.1 Å². The zero-order chi connectivity index (χ0) is 15.0. The fraction of sp³-hybridized carbons (Fsp3) is 0.250. The molecular formula is C16H16N2O2. The third-order valence-electron chi connectivity index (χ3n) is 2.47. The highest BCUT2D eigenvalue weighted by Crippen LogP contribution is 2.29. The number of allylic oxidation sites excluding steroid dienone is 2. The van der Waals surface area contributed by atoms with Crippen molar-refractivity contribution in [1.82, 2.24) is 0 Å². The SMILES string of the molecule is COc1cc(C=C(C#N)C#N)ccc1OCC=C(C)C. The quantitative estimate of drug-likeness (QED) is 0.605. The lowest BCUT2D eigenvalue weighted by Crippen LogP contribution is -1.97. The standard InChI is InChI=1S/C16H16N2O2/c1-12(2)6-7-20-15-5-4-13(9-16(15)19-3)8-14(10-17)11-18/h4-6,8-9H,7H2,1-3H3. The molecule has 1 rings (SSSR count). The highest BCUT2D eigenvalue weighted by atomic mass is 16.5. The van der Waals surface area contributed by atoms with Crippen molar-refractivity contribution in [2.75, 3.05) is 13.7 Å². The van der Waals surface area contributed by atoms with Gasteiger partial charge in [-0.1, -0.05) is 11.6 Å².